The Bertz CT molecular complexity index is 2150. The number of morpholine rings is 1. The van der Waals surface area contributed by atoms with E-state index in [0.29, 0.717) is 50.0 Å². The van der Waals surface area contributed by atoms with Crippen LogP contribution in [0.15, 0.2) is 77.9 Å². The number of hydrogen-bond donors (Lipinski definition) is 1. The van der Waals surface area contributed by atoms with Crippen molar-refractivity contribution < 1.29 is 41.4 Å². The Morgan fingerprint density at radius 1 is 1.04 bits per heavy atom. The number of halogens is 5. The summed E-state index contributed by atoms with van der Waals surface area (Å²) in [5.41, 5.74) is 0.348. The van der Waals surface area contributed by atoms with Crippen LogP contribution in [0.5, 0.6) is 0 Å². The number of fused-ring (bicyclic) bond motifs is 2. The lowest BCUT2D eigenvalue weighted by Crippen LogP contribution is -2.53. The van der Waals surface area contributed by atoms with E-state index in [-0.39, 0.29) is 25.1 Å². The second-order valence-corrected chi connectivity index (χ2v) is 11.8. The van der Waals surface area contributed by atoms with Gasteiger partial charge in [-0.05, 0) is 46.2 Å². The van der Waals surface area contributed by atoms with Gasteiger partial charge in [0.15, 0.2) is 0 Å². The van der Waals surface area contributed by atoms with Crippen molar-refractivity contribution in [3.63, 3.8) is 0 Å². The van der Waals surface area contributed by atoms with E-state index in [1.165, 1.54) is 4.57 Å². The van der Waals surface area contributed by atoms with Gasteiger partial charge in [0.1, 0.15) is 29.3 Å². The lowest BCUT2D eigenvalue weighted by Gasteiger charge is -2.38. The fourth-order valence-corrected chi connectivity index (χ4v) is 6.32. The van der Waals surface area contributed by atoms with Gasteiger partial charge >= 0.3 is 12.1 Å². The van der Waals surface area contributed by atoms with Gasteiger partial charge in [-0.2, -0.15) is 13.2 Å². The topological polar surface area (TPSA) is 105 Å². The first-order valence-corrected chi connectivity index (χ1v) is 15.1. The second kappa shape index (κ2) is 12.9. The molecule has 3 heterocycles. The highest BCUT2D eigenvalue weighted by Gasteiger charge is 2.46. The van der Waals surface area contributed by atoms with Crippen molar-refractivity contribution >= 4 is 39.2 Å². The molecule has 1 saturated heterocycles. The zero-order valence-electron chi connectivity index (χ0n) is 26.2. The van der Waals surface area contributed by atoms with Gasteiger partial charge in [-0.25, -0.2) is 13.6 Å². The Balaban J connectivity index is 1.33. The Morgan fingerprint density at radius 3 is 2.41 bits per heavy atom. The summed E-state index contributed by atoms with van der Waals surface area (Å²) >= 11 is 0. The monoisotopic (exact) mass is 680 g/mol. The second-order valence-electron chi connectivity index (χ2n) is 11.8. The summed E-state index contributed by atoms with van der Waals surface area (Å²) in [6, 6.07) is 11.3. The summed E-state index contributed by atoms with van der Waals surface area (Å²) in [6.07, 6.45) is -1.80. The van der Waals surface area contributed by atoms with Gasteiger partial charge in [0.25, 0.3) is 11.5 Å². The van der Waals surface area contributed by atoms with Crippen LogP contribution >= 0.6 is 0 Å². The van der Waals surface area contributed by atoms with Crippen molar-refractivity contribution in [3.8, 4) is 11.1 Å². The van der Waals surface area contributed by atoms with Crippen LogP contribution in [0.4, 0.5) is 27.6 Å². The molecule has 1 aliphatic heterocycles. The highest BCUT2D eigenvalue weighted by atomic mass is 19.4. The standard InChI is InChI=1S/C35H29F5N4O5/c1-42-28-9-10-41-17-20(28)13-25(32(42)45)24-8-7-19(22-5-3-4-6-23(22)24)14-29(34(47)48)43(2)33(46)31-26(36)15-21(16-27(31)37)44-11-12-49-18-30(44)35(38,39)40/h3-10,13,15-17,29-30H,11-12,14,18H2,1-2H3,(H,47,48). The zero-order chi connectivity index (χ0) is 35.2. The molecule has 3 aromatic carbocycles. The summed E-state index contributed by atoms with van der Waals surface area (Å²) in [4.78, 5) is 45.0. The summed E-state index contributed by atoms with van der Waals surface area (Å²) in [6.45, 7) is -1.13. The lowest BCUT2D eigenvalue weighted by atomic mass is 9.92. The normalized spacial score (nSPS) is 15.8. The van der Waals surface area contributed by atoms with Gasteiger partial charge in [0.05, 0.1) is 18.7 Å². The van der Waals surface area contributed by atoms with E-state index in [1.807, 2.05) is 0 Å². The molecule has 9 nitrogen and oxygen atoms in total. The minimum absolute atomic E-state index is 0.106. The Kier molecular flexibility index (Phi) is 8.84. The first kappa shape index (κ1) is 33.5. The van der Waals surface area contributed by atoms with Crippen molar-refractivity contribution in [3.05, 3.63) is 106 Å². The van der Waals surface area contributed by atoms with E-state index in [1.54, 1.807) is 68.0 Å². The maximum atomic E-state index is 15.4. The molecule has 2 aromatic heterocycles. The van der Waals surface area contributed by atoms with Crippen LogP contribution in [0.25, 0.3) is 32.8 Å². The number of likely N-dealkylation sites (N-methyl/N-ethyl adjacent to an activating group) is 1. The molecule has 0 spiro atoms. The van der Waals surface area contributed by atoms with Gasteiger partial charge in [0, 0.05) is 56.1 Å². The highest BCUT2D eigenvalue weighted by molar-refractivity contribution is 6.01. The van der Waals surface area contributed by atoms with E-state index >= 15 is 8.78 Å². The first-order valence-electron chi connectivity index (χ1n) is 15.1. The molecule has 1 aliphatic rings. The Morgan fingerprint density at radius 2 is 1.73 bits per heavy atom. The Hall–Kier alpha value is -5.37. The molecule has 1 N–H and O–H groups in total. The molecular weight excluding hydrogens is 651 g/mol. The van der Waals surface area contributed by atoms with Gasteiger partial charge in [-0.3, -0.25) is 14.6 Å². The van der Waals surface area contributed by atoms with Crippen LogP contribution in [-0.4, -0.2) is 76.5 Å². The Labute approximate surface area is 275 Å². The molecule has 1 fully saturated rings. The smallest absolute Gasteiger partial charge is 0.411 e. The fraction of sp³-hybridized carbons (Fsp3) is 0.257. The van der Waals surface area contributed by atoms with E-state index in [0.717, 1.165) is 17.3 Å². The molecule has 14 heteroatoms. The molecule has 1 amide bonds. The average Bonchev–Trinajstić information content (AvgIpc) is 3.07. The minimum Gasteiger partial charge on any atom is -0.480 e. The number of aryl methyl sites for hydroxylation is 1. The number of pyridine rings is 2. The summed E-state index contributed by atoms with van der Waals surface area (Å²) in [7, 11) is 2.73. The molecule has 5 aromatic rings. The minimum atomic E-state index is -4.75. The van der Waals surface area contributed by atoms with Crippen LogP contribution < -0.4 is 10.5 Å². The predicted octanol–water partition coefficient (Wildman–Crippen LogP) is 5.57. The number of alkyl halides is 3. The molecule has 2 unspecified atom stereocenters. The highest BCUT2D eigenvalue weighted by Crippen LogP contribution is 2.34. The van der Waals surface area contributed by atoms with Gasteiger partial charge in [-0.15, -0.1) is 0 Å². The lowest BCUT2D eigenvalue weighted by molar-refractivity contribution is -0.167. The van der Waals surface area contributed by atoms with Gasteiger partial charge < -0.3 is 24.2 Å². The number of carbonyl (C=O) groups excluding carboxylic acids is 1. The van der Waals surface area contributed by atoms with Gasteiger partial charge in [-0.1, -0.05) is 36.4 Å². The first-order chi connectivity index (χ1) is 23.3. The molecule has 0 saturated carbocycles. The number of benzene rings is 3. The number of carbonyl (C=O) groups is 2. The quantitative estimate of drug-likeness (QED) is 0.224. The van der Waals surface area contributed by atoms with Crippen molar-refractivity contribution in [2.75, 3.05) is 31.7 Å². The van der Waals surface area contributed by atoms with Crippen molar-refractivity contribution in [2.45, 2.75) is 24.7 Å². The third-order valence-corrected chi connectivity index (χ3v) is 8.89. The number of carboxylic acid groups (broad SMARTS) is 1. The van der Waals surface area contributed by atoms with Crippen molar-refractivity contribution in [2.24, 2.45) is 7.05 Å². The molecule has 0 bridgehead atoms. The predicted molar refractivity (Wildman–Crippen MR) is 172 cm³/mol. The molecule has 0 aliphatic carbocycles. The third kappa shape index (κ3) is 6.19. The summed E-state index contributed by atoms with van der Waals surface area (Å²) in [5, 5.41) is 12.1. The maximum absolute atomic E-state index is 15.4. The molecular formula is C35H29F5N4O5. The summed E-state index contributed by atoms with van der Waals surface area (Å²) in [5.74, 6) is -5.65. The molecule has 2 atom stereocenters. The van der Waals surface area contributed by atoms with Crippen LogP contribution in [0.1, 0.15) is 15.9 Å². The number of ether oxygens (including phenoxy) is 1. The van der Waals surface area contributed by atoms with E-state index in [9.17, 15) is 32.7 Å². The number of aromatic nitrogens is 2. The number of rotatable bonds is 7. The van der Waals surface area contributed by atoms with Crippen LogP contribution in [0, 0.1) is 11.6 Å². The number of carboxylic acids is 1. The molecule has 0 radical (unpaired) electrons. The van der Waals surface area contributed by atoms with E-state index in [4.69, 9.17) is 4.74 Å². The number of anilines is 1. The largest absolute Gasteiger partial charge is 0.480 e. The van der Waals surface area contributed by atoms with E-state index in [2.05, 4.69) is 4.98 Å². The summed E-state index contributed by atoms with van der Waals surface area (Å²) < 4.78 is 77.9. The molecule has 6 rings (SSSR count). The van der Waals surface area contributed by atoms with E-state index < -0.39 is 59.6 Å². The number of nitrogens with zero attached hydrogens (tertiary/aromatic N) is 4. The molecule has 254 valence electrons. The average molecular weight is 681 g/mol. The maximum Gasteiger partial charge on any atom is 0.411 e. The SMILES string of the molecule is CN(C(=O)c1c(F)cc(N2CCOCC2C(F)(F)F)cc1F)C(Cc1ccc(-c2cc3cnccc3n(C)c2=O)c2ccccc12)C(=O)O. The fourth-order valence-electron chi connectivity index (χ4n) is 6.32. The zero-order valence-corrected chi connectivity index (χ0v) is 26.2. The van der Waals surface area contributed by atoms with Crippen LogP contribution in [0.3, 0.4) is 0 Å². The number of aliphatic carboxylic acids is 1. The van der Waals surface area contributed by atoms with Crippen LogP contribution in [0.2, 0.25) is 0 Å². The van der Waals surface area contributed by atoms with Gasteiger partial charge in [0.2, 0.25) is 0 Å². The number of hydrogen-bond acceptors (Lipinski definition) is 6. The van der Waals surface area contributed by atoms with Crippen LogP contribution in [-0.2, 0) is 23.0 Å². The van der Waals surface area contributed by atoms with Crippen molar-refractivity contribution in [1.29, 1.82) is 0 Å². The molecule has 49 heavy (non-hydrogen) atoms. The van der Waals surface area contributed by atoms with Crippen molar-refractivity contribution in [1.82, 2.24) is 14.5 Å². The number of amides is 1. The third-order valence-electron chi connectivity index (χ3n) is 8.89.